The van der Waals surface area contributed by atoms with Crippen LogP contribution < -0.4 is 14.8 Å². The zero-order valence-electron chi connectivity index (χ0n) is 18.6. The van der Waals surface area contributed by atoms with Crippen LogP contribution in [0.3, 0.4) is 0 Å². The summed E-state index contributed by atoms with van der Waals surface area (Å²) in [6.07, 6.45) is 5.36. The van der Waals surface area contributed by atoms with E-state index in [1.54, 1.807) is 48.5 Å². The predicted octanol–water partition coefficient (Wildman–Crippen LogP) is 3.19. The van der Waals surface area contributed by atoms with Gasteiger partial charge in [0, 0.05) is 29.5 Å². The molecule has 3 rings (SSSR count). The van der Waals surface area contributed by atoms with Crippen LogP contribution in [0.1, 0.15) is 15.9 Å². The standard InChI is InChI=1S/C25H23N3O5S/c1-4-18-6-5-7-21(16-18)26-24(29)17-28(2)25(30)19-8-14-23(15-9-19)34(31,32)27-20-10-12-22(33-3)13-11-20/h1,5-16,27H,17H2,2-3H3,(H,26,29). The molecule has 2 N–H and O–H groups in total. The van der Waals surface area contributed by atoms with E-state index in [9.17, 15) is 18.0 Å². The number of amides is 2. The lowest BCUT2D eigenvalue weighted by Crippen LogP contribution is -2.34. The average Bonchev–Trinajstić information content (AvgIpc) is 2.84. The van der Waals surface area contributed by atoms with Crippen molar-refractivity contribution in [1.82, 2.24) is 4.90 Å². The summed E-state index contributed by atoms with van der Waals surface area (Å²) in [4.78, 5) is 26.2. The summed E-state index contributed by atoms with van der Waals surface area (Å²) in [5, 5.41) is 2.69. The minimum atomic E-state index is -3.85. The van der Waals surface area contributed by atoms with E-state index in [-0.39, 0.29) is 17.0 Å². The molecule has 3 aromatic rings. The highest BCUT2D eigenvalue weighted by atomic mass is 32.2. The van der Waals surface area contributed by atoms with Gasteiger partial charge in [-0.1, -0.05) is 12.0 Å². The maximum atomic E-state index is 12.7. The molecule has 0 aromatic heterocycles. The van der Waals surface area contributed by atoms with Gasteiger partial charge in [0.05, 0.1) is 18.6 Å². The second kappa shape index (κ2) is 10.6. The summed E-state index contributed by atoms with van der Waals surface area (Å²) in [6, 6.07) is 18.7. The van der Waals surface area contributed by atoms with Gasteiger partial charge in [-0.2, -0.15) is 0 Å². The van der Waals surface area contributed by atoms with E-state index in [0.29, 0.717) is 22.7 Å². The Morgan fingerprint density at radius 1 is 1.00 bits per heavy atom. The van der Waals surface area contributed by atoms with Crippen molar-refractivity contribution >= 4 is 33.2 Å². The van der Waals surface area contributed by atoms with Crippen molar-refractivity contribution in [3.05, 3.63) is 83.9 Å². The van der Waals surface area contributed by atoms with E-state index in [1.807, 2.05) is 0 Å². The van der Waals surface area contributed by atoms with E-state index in [0.717, 1.165) is 0 Å². The Kier molecular flexibility index (Phi) is 7.56. The first-order valence-electron chi connectivity index (χ1n) is 10.1. The molecular weight excluding hydrogens is 454 g/mol. The van der Waals surface area contributed by atoms with Gasteiger partial charge in [-0.25, -0.2) is 8.42 Å². The number of likely N-dealkylation sites (N-methyl/N-ethyl adjacent to an activating group) is 1. The molecule has 0 fully saturated rings. The number of ether oxygens (including phenoxy) is 1. The van der Waals surface area contributed by atoms with Crippen LogP contribution in [-0.4, -0.2) is 45.8 Å². The van der Waals surface area contributed by atoms with E-state index in [1.165, 1.54) is 43.3 Å². The number of nitrogens with one attached hydrogen (secondary N) is 2. The molecule has 2 amide bonds. The normalized spacial score (nSPS) is 10.6. The lowest BCUT2D eigenvalue weighted by molar-refractivity contribution is -0.116. The maximum absolute atomic E-state index is 12.7. The van der Waals surface area contributed by atoms with Crippen molar-refractivity contribution in [2.24, 2.45) is 0 Å². The van der Waals surface area contributed by atoms with Gasteiger partial charge in [-0.3, -0.25) is 14.3 Å². The van der Waals surface area contributed by atoms with Gasteiger partial charge >= 0.3 is 0 Å². The van der Waals surface area contributed by atoms with Crippen LogP contribution in [0.25, 0.3) is 0 Å². The fourth-order valence-electron chi connectivity index (χ4n) is 3.04. The molecule has 0 bridgehead atoms. The van der Waals surface area contributed by atoms with Gasteiger partial charge in [0.2, 0.25) is 5.91 Å². The van der Waals surface area contributed by atoms with E-state index < -0.39 is 21.8 Å². The Balaban J connectivity index is 1.62. The highest BCUT2D eigenvalue weighted by molar-refractivity contribution is 7.92. The Hall–Kier alpha value is -4.29. The third-order valence-electron chi connectivity index (χ3n) is 4.79. The molecule has 0 saturated carbocycles. The van der Waals surface area contributed by atoms with Crippen molar-refractivity contribution in [2.45, 2.75) is 4.90 Å². The second-order valence-electron chi connectivity index (χ2n) is 7.29. The summed E-state index contributed by atoms with van der Waals surface area (Å²) in [6.45, 7) is -0.196. The fraction of sp³-hybridized carbons (Fsp3) is 0.120. The smallest absolute Gasteiger partial charge is 0.261 e. The molecule has 9 heteroatoms. The molecule has 8 nitrogen and oxygen atoms in total. The van der Waals surface area contributed by atoms with E-state index >= 15 is 0 Å². The van der Waals surface area contributed by atoms with Gasteiger partial charge < -0.3 is 15.0 Å². The highest BCUT2D eigenvalue weighted by Crippen LogP contribution is 2.20. The quantitative estimate of drug-likeness (QED) is 0.485. The number of carbonyl (C=O) groups is 2. The Morgan fingerprint density at radius 3 is 2.29 bits per heavy atom. The largest absolute Gasteiger partial charge is 0.497 e. The van der Waals surface area contributed by atoms with Crippen molar-refractivity contribution < 1.29 is 22.7 Å². The number of nitrogens with zero attached hydrogens (tertiary/aromatic N) is 1. The molecule has 0 aliphatic heterocycles. The third kappa shape index (κ3) is 6.15. The van der Waals surface area contributed by atoms with Crippen LogP contribution in [0.4, 0.5) is 11.4 Å². The minimum absolute atomic E-state index is 0.00587. The number of terminal acetylenes is 1. The van der Waals surface area contributed by atoms with Crippen molar-refractivity contribution in [3.63, 3.8) is 0 Å². The lowest BCUT2D eigenvalue weighted by Gasteiger charge is -2.17. The minimum Gasteiger partial charge on any atom is -0.497 e. The molecule has 0 spiro atoms. The van der Waals surface area contributed by atoms with Crippen LogP contribution in [-0.2, 0) is 14.8 Å². The molecule has 174 valence electrons. The summed E-state index contributed by atoms with van der Waals surface area (Å²) in [7, 11) is -0.848. The van der Waals surface area contributed by atoms with Crippen LogP contribution in [0, 0.1) is 12.3 Å². The number of hydrogen-bond acceptors (Lipinski definition) is 5. The number of rotatable bonds is 8. The molecule has 0 unspecified atom stereocenters. The monoisotopic (exact) mass is 477 g/mol. The van der Waals surface area contributed by atoms with Gasteiger partial charge in [-0.05, 0) is 66.7 Å². The first-order valence-corrected chi connectivity index (χ1v) is 11.6. The number of benzene rings is 3. The van der Waals surface area contributed by atoms with Gasteiger partial charge in [0.25, 0.3) is 15.9 Å². The fourth-order valence-corrected chi connectivity index (χ4v) is 4.10. The number of sulfonamides is 1. The zero-order valence-corrected chi connectivity index (χ0v) is 19.4. The van der Waals surface area contributed by atoms with Crippen molar-refractivity contribution in [1.29, 1.82) is 0 Å². The number of hydrogen-bond donors (Lipinski definition) is 2. The highest BCUT2D eigenvalue weighted by Gasteiger charge is 2.18. The zero-order chi connectivity index (χ0) is 24.7. The number of methoxy groups -OCH3 is 1. The SMILES string of the molecule is C#Cc1cccc(NC(=O)CN(C)C(=O)c2ccc(S(=O)(=O)Nc3ccc(OC)cc3)cc2)c1. The molecule has 34 heavy (non-hydrogen) atoms. The van der Waals surface area contributed by atoms with Gasteiger partial charge in [-0.15, -0.1) is 6.42 Å². The second-order valence-corrected chi connectivity index (χ2v) is 8.98. The van der Waals surface area contributed by atoms with Crippen LogP contribution in [0.15, 0.2) is 77.7 Å². The average molecular weight is 478 g/mol. The lowest BCUT2D eigenvalue weighted by atomic mass is 10.2. The Bertz CT molecular complexity index is 1330. The summed E-state index contributed by atoms with van der Waals surface area (Å²) >= 11 is 0. The molecular formula is C25H23N3O5S. The predicted molar refractivity (Wildman–Crippen MR) is 130 cm³/mol. The van der Waals surface area contributed by atoms with Gasteiger partial charge in [0.1, 0.15) is 5.75 Å². The van der Waals surface area contributed by atoms with Crippen LogP contribution >= 0.6 is 0 Å². The molecule has 0 saturated heterocycles. The van der Waals surface area contributed by atoms with Crippen LogP contribution in [0.2, 0.25) is 0 Å². The third-order valence-corrected chi connectivity index (χ3v) is 6.19. The van der Waals surface area contributed by atoms with Crippen molar-refractivity contribution in [2.75, 3.05) is 30.7 Å². The maximum Gasteiger partial charge on any atom is 0.261 e. The van der Waals surface area contributed by atoms with E-state index in [4.69, 9.17) is 11.2 Å². The summed E-state index contributed by atoms with van der Waals surface area (Å²) < 4.78 is 32.8. The molecule has 0 aliphatic carbocycles. The Labute approximate surface area is 198 Å². The number of anilines is 2. The molecule has 3 aromatic carbocycles. The first-order chi connectivity index (χ1) is 16.2. The topological polar surface area (TPSA) is 105 Å². The molecule has 0 aliphatic rings. The molecule has 0 atom stereocenters. The van der Waals surface area contributed by atoms with Crippen molar-refractivity contribution in [3.8, 4) is 18.1 Å². The molecule has 0 radical (unpaired) electrons. The summed E-state index contributed by atoms with van der Waals surface area (Å²) in [5.74, 6) is 2.26. The Morgan fingerprint density at radius 2 is 1.68 bits per heavy atom. The van der Waals surface area contributed by atoms with E-state index in [2.05, 4.69) is 16.0 Å². The summed E-state index contributed by atoms with van der Waals surface area (Å²) in [5.41, 5.74) is 1.77. The molecule has 0 heterocycles. The number of carbonyl (C=O) groups excluding carboxylic acids is 2. The first kappa shape index (κ1) is 24.4. The van der Waals surface area contributed by atoms with Gasteiger partial charge in [0.15, 0.2) is 0 Å². The van der Waals surface area contributed by atoms with Crippen LogP contribution in [0.5, 0.6) is 5.75 Å².